The molecule has 0 saturated heterocycles. The third kappa shape index (κ3) is 2.65. The van der Waals surface area contributed by atoms with Gasteiger partial charge in [-0.1, -0.05) is 43.2 Å². The lowest BCUT2D eigenvalue weighted by atomic mass is 9.81. The Balaban J connectivity index is 1.75. The number of rotatable bonds is 3. The van der Waals surface area contributed by atoms with Gasteiger partial charge in [0.25, 0.3) is 10.0 Å². The molecule has 1 fully saturated rings. The van der Waals surface area contributed by atoms with Gasteiger partial charge < -0.3 is 5.11 Å². The van der Waals surface area contributed by atoms with Gasteiger partial charge in [0.15, 0.2) is 0 Å². The first-order valence-corrected chi connectivity index (χ1v) is 10.6. The van der Waals surface area contributed by atoms with E-state index in [4.69, 9.17) is 0 Å². The van der Waals surface area contributed by atoms with Crippen LogP contribution in [0.4, 0.5) is 5.69 Å². The summed E-state index contributed by atoms with van der Waals surface area (Å²) in [7, 11) is -3.63. The first-order chi connectivity index (χ1) is 12.2. The Morgan fingerprint density at radius 2 is 1.62 bits per heavy atom. The second kappa shape index (κ2) is 5.83. The highest BCUT2D eigenvalue weighted by molar-refractivity contribution is 7.92. The molecule has 1 heterocycles. The quantitative estimate of drug-likeness (QED) is 0.889. The van der Waals surface area contributed by atoms with Crippen molar-refractivity contribution in [2.45, 2.75) is 55.4 Å². The SMILES string of the molecule is CC(C)(O)c1ccc(S(=O)(=O)N2CC3(CCCC3)c3ccccc32)cc1. The summed E-state index contributed by atoms with van der Waals surface area (Å²) >= 11 is 0. The van der Waals surface area contributed by atoms with E-state index in [9.17, 15) is 13.5 Å². The van der Waals surface area contributed by atoms with Crippen LogP contribution in [0.3, 0.4) is 0 Å². The molecule has 0 amide bonds. The Morgan fingerprint density at radius 3 is 2.23 bits per heavy atom. The molecule has 0 radical (unpaired) electrons. The van der Waals surface area contributed by atoms with Crippen LogP contribution in [0, 0.1) is 0 Å². The first-order valence-electron chi connectivity index (χ1n) is 9.19. The predicted molar refractivity (Wildman–Crippen MR) is 103 cm³/mol. The Labute approximate surface area is 155 Å². The van der Waals surface area contributed by atoms with Crippen molar-refractivity contribution in [2.75, 3.05) is 10.8 Å². The molecule has 1 spiro atoms. The smallest absolute Gasteiger partial charge is 0.264 e. The Morgan fingerprint density at radius 1 is 1.00 bits per heavy atom. The van der Waals surface area contributed by atoms with E-state index in [0.29, 0.717) is 12.1 Å². The van der Waals surface area contributed by atoms with Crippen LogP contribution < -0.4 is 4.31 Å². The van der Waals surface area contributed by atoms with Crippen molar-refractivity contribution in [3.63, 3.8) is 0 Å². The summed E-state index contributed by atoms with van der Waals surface area (Å²) < 4.78 is 28.3. The van der Waals surface area contributed by atoms with Crippen molar-refractivity contribution in [1.82, 2.24) is 0 Å². The molecule has 1 aliphatic heterocycles. The maximum absolute atomic E-state index is 13.4. The van der Waals surface area contributed by atoms with Crippen LogP contribution in [0.1, 0.15) is 50.7 Å². The number of sulfonamides is 1. The summed E-state index contributed by atoms with van der Waals surface area (Å²) in [5.74, 6) is 0. The molecule has 2 aromatic rings. The van der Waals surface area contributed by atoms with Gasteiger partial charge in [-0.15, -0.1) is 0 Å². The van der Waals surface area contributed by atoms with Gasteiger partial charge in [-0.25, -0.2) is 8.42 Å². The van der Waals surface area contributed by atoms with Gasteiger partial charge in [-0.05, 0) is 56.0 Å². The fourth-order valence-corrected chi connectivity index (χ4v) is 6.01. The van der Waals surface area contributed by atoms with Crippen molar-refractivity contribution in [3.8, 4) is 0 Å². The monoisotopic (exact) mass is 371 g/mol. The molecule has 26 heavy (non-hydrogen) atoms. The highest BCUT2D eigenvalue weighted by Crippen LogP contribution is 2.51. The van der Waals surface area contributed by atoms with E-state index in [1.807, 2.05) is 18.2 Å². The molecule has 0 aromatic heterocycles. The third-order valence-corrected chi connectivity index (χ3v) is 7.67. The third-order valence-electron chi connectivity index (χ3n) is 5.90. The number of fused-ring (bicyclic) bond motifs is 2. The predicted octanol–water partition coefficient (Wildman–Crippen LogP) is 3.93. The zero-order valence-electron chi connectivity index (χ0n) is 15.3. The van der Waals surface area contributed by atoms with Gasteiger partial charge in [0, 0.05) is 12.0 Å². The zero-order chi connectivity index (χ0) is 18.6. The first kappa shape index (κ1) is 17.6. The fraction of sp³-hybridized carbons (Fsp3) is 0.429. The summed E-state index contributed by atoms with van der Waals surface area (Å²) in [6.07, 6.45) is 4.41. The van der Waals surface area contributed by atoms with Crippen LogP contribution in [-0.2, 0) is 21.0 Å². The summed E-state index contributed by atoms with van der Waals surface area (Å²) in [5.41, 5.74) is 1.67. The Hall–Kier alpha value is -1.85. The van der Waals surface area contributed by atoms with Crippen molar-refractivity contribution >= 4 is 15.7 Å². The summed E-state index contributed by atoms with van der Waals surface area (Å²) in [4.78, 5) is 0.273. The van der Waals surface area contributed by atoms with E-state index < -0.39 is 15.6 Å². The largest absolute Gasteiger partial charge is 0.386 e. The van der Waals surface area contributed by atoms with Crippen LogP contribution in [-0.4, -0.2) is 20.1 Å². The summed E-state index contributed by atoms with van der Waals surface area (Å²) in [6.45, 7) is 3.91. The molecule has 4 nitrogen and oxygen atoms in total. The van der Waals surface area contributed by atoms with Gasteiger partial charge in [0.2, 0.25) is 0 Å². The number of aliphatic hydroxyl groups is 1. The lowest BCUT2D eigenvalue weighted by Crippen LogP contribution is -2.35. The van der Waals surface area contributed by atoms with Crippen molar-refractivity contribution in [2.24, 2.45) is 0 Å². The number of anilines is 1. The molecule has 1 N–H and O–H groups in total. The molecule has 5 heteroatoms. The summed E-state index contributed by atoms with van der Waals surface area (Å²) in [6, 6.07) is 14.5. The molecular weight excluding hydrogens is 346 g/mol. The maximum atomic E-state index is 13.4. The van der Waals surface area contributed by atoms with E-state index >= 15 is 0 Å². The zero-order valence-corrected chi connectivity index (χ0v) is 16.1. The van der Waals surface area contributed by atoms with Gasteiger partial charge in [-0.3, -0.25) is 4.31 Å². The molecule has 1 saturated carbocycles. The van der Waals surface area contributed by atoms with Gasteiger partial charge >= 0.3 is 0 Å². The molecule has 0 unspecified atom stereocenters. The van der Waals surface area contributed by atoms with Gasteiger partial charge in [0.1, 0.15) is 0 Å². The molecule has 1 aliphatic carbocycles. The van der Waals surface area contributed by atoms with Gasteiger partial charge in [-0.2, -0.15) is 0 Å². The Kier molecular flexibility index (Phi) is 3.93. The number of hydrogen-bond acceptors (Lipinski definition) is 3. The van der Waals surface area contributed by atoms with Crippen LogP contribution in [0.25, 0.3) is 0 Å². The van der Waals surface area contributed by atoms with E-state index in [1.54, 1.807) is 42.4 Å². The number of nitrogens with zero attached hydrogens (tertiary/aromatic N) is 1. The lowest BCUT2D eigenvalue weighted by Gasteiger charge is -2.25. The minimum Gasteiger partial charge on any atom is -0.386 e. The van der Waals surface area contributed by atoms with E-state index in [2.05, 4.69) is 6.07 Å². The average molecular weight is 372 g/mol. The molecular formula is C21H25NO3S. The average Bonchev–Trinajstić information content (AvgIpc) is 3.21. The Bertz CT molecular complexity index is 920. The van der Waals surface area contributed by atoms with Crippen molar-refractivity contribution < 1.29 is 13.5 Å². The van der Waals surface area contributed by atoms with Crippen LogP contribution in [0.2, 0.25) is 0 Å². The second-order valence-corrected chi connectivity index (χ2v) is 9.96. The highest BCUT2D eigenvalue weighted by Gasteiger charge is 2.47. The van der Waals surface area contributed by atoms with E-state index in [0.717, 1.165) is 31.4 Å². The minimum atomic E-state index is -3.63. The number of benzene rings is 2. The second-order valence-electron chi connectivity index (χ2n) is 8.10. The molecule has 2 aromatic carbocycles. The lowest BCUT2D eigenvalue weighted by molar-refractivity contribution is 0.0785. The van der Waals surface area contributed by atoms with Crippen molar-refractivity contribution in [3.05, 3.63) is 59.7 Å². The van der Waals surface area contributed by atoms with E-state index in [1.165, 1.54) is 5.56 Å². The molecule has 0 bridgehead atoms. The highest BCUT2D eigenvalue weighted by atomic mass is 32.2. The van der Waals surface area contributed by atoms with E-state index in [-0.39, 0.29) is 10.3 Å². The molecule has 0 atom stereocenters. The van der Waals surface area contributed by atoms with Gasteiger partial charge in [0.05, 0.1) is 16.2 Å². The maximum Gasteiger partial charge on any atom is 0.264 e. The fourth-order valence-electron chi connectivity index (χ4n) is 4.44. The minimum absolute atomic E-state index is 0.0311. The molecule has 2 aliphatic rings. The summed E-state index contributed by atoms with van der Waals surface area (Å²) in [5, 5.41) is 10.1. The standard InChI is InChI=1S/C21H25NO3S/c1-20(2,23)16-9-11-17(12-10-16)26(24,25)22-15-21(13-5-6-14-21)18-7-3-4-8-19(18)22/h3-4,7-12,23H,5-6,13-15H2,1-2H3. The van der Waals surface area contributed by atoms with Crippen LogP contribution >= 0.6 is 0 Å². The number of para-hydroxylation sites is 1. The van der Waals surface area contributed by atoms with Crippen LogP contribution in [0.15, 0.2) is 53.4 Å². The number of hydrogen-bond donors (Lipinski definition) is 1. The molecule has 4 rings (SSSR count). The van der Waals surface area contributed by atoms with Crippen molar-refractivity contribution in [1.29, 1.82) is 0 Å². The topological polar surface area (TPSA) is 57.6 Å². The molecule has 138 valence electrons. The van der Waals surface area contributed by atoms with Crippen LogP contribution in [0.5, 0.6) is 0 Å². The normalized spacial score (nSPS) is 19.1.